The minimum absolute atomic E-state index is 0.143. The van der Waals surface area contributed by atoms with Crippen molar-refractivity contribution in [2.24, 2.45) is 0 Å². The van der Waals surface area contributed by atoms with Crippen LogP contribution < -0.4 is 0 Å². The van der Waals surface area contributed by atoms with Gasteiger partial charge in [-0.05, 0) is 25.8 Å². The molecule has 128 valence electrons. The number of carbonyl (C=O) groups excluding carboxylic acids is 1. The van der Waals surface area contributed by atoms with Gasteiger partial charge in [-0.3, -0.25) is 9.59 Å². The third-order valence-electron chi connectivity index (χ3n) is 3.94. The van der Waals surface area contributed by atoms with Gasteiger partial charge in [0.25, 0.3) is 5.91 Å². The maximum atomic E-state index is 12.6. The van der Waals surface area contributed by atoms with Crippen molar-refractivity contribution in [1.82, 2.24) is 9.88 Å². The molecule has 5 nitrogen and oxygen atoms in total. The Kier molecular flexibility index (Phi) is 6.09. The normalized spacial score (nSPS) is 12.0. The second kappa shape index (κ2) is 8.06. The van der Waals surface area contributed by atoms with Crippen LogP contribution in [0.4, 0.5) is 0 Å². The Bertz CT molecular complexity index is 709. The molecule has 1 N–H and O–H groups in total. The fourth-order valence-electron chi connectivity index (χ4n) is 2.31. The molecule has 0 bridgehead atoms. The molecule has 1 unspecified atom stereocenters. The van der Waals surface area contributed by atoms with E-state index in [1.165, 1.54) is 21.8 Å². The summed E-state index contributed by atoms with van der Waals surface area (Å²) >= 11 is 1.43. The first-order valence-corrected chi connectivity index (χ1v) is 8.81. The Labute approximate surface area is 146 Å². The first kappa shape index (κ1) is 18.1. The average molecular weight is 346 g/mol. The quantitative estimate of drug-likeness (QED) is 0.834. The van der Waals surface area contributed by atoms with Crippen molar-refractivity contribution in [3.8, 4) is 0 Å². The molecule has 0 saturated heterocycles. The summed E-state index contributed by atoms with van der Waals surface area (Å²) in [5.74, 6) is -1.34. The van der Waals surface area contributed by atoms with Crippen LogP contribution in [0.15, 0.2) is 29.6 Å². The van der Waals surface area contributed by atoms with Gasteiger partial charge in [-0.15, -0.1) is 11.3 Å². The number of carbonyl (C=O) groups is 2. The third-order valence-corrected chi connectivity index (χ3v) is 4.78. The zero-order valence-corrected chi connectivity index (χ0v) is 15.0. The lowest BCUT2D eigenvalue weighted by atomic mass is 10.1. The largest absolute Gasteiger partial charge is 0.480 e. The van der Waals surface area contributed by atoms with Crippen molar-refractivity contribution < 1.29 is 14.7 Å². The molecule has 6 heteroatoms. The van der Waals surface area contributed by atoms with E-state index in [1.54, 1.807) is 5.38 Å². The van der Waals surface area contributed by atoms with E-state index in [-0.39, 0.29) is 18.5 Å². The van der Waals surface area contributed by atoms with Gasteiger partial charge in [-0.2, -0.15) is 0 Å². The number of nitrogens with zero attached hydrogens (tertiary/aromatic N) is 2. The standard InChI is InChI=1S/C18H22N2O3S/c1-4-13(3)20(10-17(21)22)18(23)15-11-24-16(19-15)9-14-7-5-12(2)6-8-14/h5-8,11,13H,4,9-10H2,1-3H3,(H,21,22). The smallest absolute Gasteiger partial charge is 0.323 e. The number of carboxylic acid groups (broad SMARTS) is 1. The Morgan fingerprint density at radius 1 is 1.29 bits per heavy atom. The Morgan fingerprint density at radius 3 is 2.54 bits per heavy atom. The highest BCUT2D eigenvalue weighted by molar-refractivity contribution is 7.09. The van der Waals surface area contributed by atoms with Crippen LogP contribution in [0.2, 0.25) is 0 Å². The van der Waals surface area contributed by atoms with Crippen molar-refractivity contribution in [2.45, 2.75) is 39.7 Å². The summed E-state index contributed by atoms with van der Waals surface area (Å²) in [5.41, 5.74) is 2.66. The molecular weight excluding hydrogens is 324 g/mol. The van der Waals surface area contributed by atoms with Gasteiger partial charge in [0.1, 0.15) is 12.2 Å². The molecule has 24 heavy (non-hydrogen) atoms. The second-order valence-electron chi connectivity index (χ2n) is 5.87. The van der Waals surface area contributed by atoms with Crippen molar-refractivity contribution in [1.29, 1.82) is 0 Å². The number of amides is 1. The van der Waals surface area contributed by atoms with Crippen LogP contribution in [0.5, 0.6) is 0 Å². The minimum Gasteiger partial charge on any atom is -0.480 e. The lowest BCUT2D eigenvalue weighted by Crippen LogP contribution is -2.42. The van der Waals surface area contributed by atoms with Gasteiger partial charge in [0.2, 0.25) is 0 Å². The van der Waals surface area contributed by atoms with Gasteiger partial charge in [0, 0.05) is 17.8 Å². The average Bonchev–Trinajstić information content (AvgIpc) is 3.01. The zero-order valence-electron chi connectivity index (χ0n) is 14.2. The molecule has 1 aromatic heterocycles. The van der Waals surface area contributed by atoms with Gasteiger partial charge < -0.3 is 10.0 Å². The monoisotopic (exact) mass is 346 g/mol. The predicted molar refractivity (Wildman–Crippen MR) is 94.5 cm³/mol. The minimum atomic E-state index is -1.02. The Morgan fingerprint density at radius 2 is 1.96 bits per heavy atom. The number of aryl methyl sites for hydroxylation is 1. The van der Waals surface area contributed by atoms with Crippen LogP contribution in [-0.4, -0.2) is 39.5 Å². The molecule has 1 heterocycles. The maximum absolute atomic E-state index is 12.6. The van der Waals surface area contributed by atoms with Crippen molar-refractivity contribution >= 4 is 23.2 Å². The number of aromatic nitrogens is 1. The van der Waals surface area contributed by atoms with Crippen LogP contribution in [0.3, 0.4) is 0 Å². The molecule has 1 amide bonds. The summed E-state index contributed by atoms with van der Waals surface area (Å²) in [6.45, 7) is 5.51. The summed E-state index contributed by atoms with van der Waals surface area (Å²) in [5, 5.41) is 11.6. The highest BCUT2D eigenvalue weighted by Gasteiger charge is 2.24. The fraction of sp³-hybridized carbons (Fsp3) is 0.389. The molecule has 0 fully saturated rings. The molecule has 1 aromatic carbocycles. The van der Waals surface area contributed by atoms with E-state index in [1.807, 2.05) is 45.0 Å². The van der Waals surface area contributed by atoms with E-state index in [0.29, 0.717) is 18.5 Å². The van der Waals surface area contributed by atoms with Gasteiger partial charge in [0.05, 0.1) is 5.01 Å². The zero-order chi connectivity index (χ0) is 17.7. The molecule has 0 aliphatic rings. The van der Waals surface area contributed by atoms with Crippen LogP contribution in [0, 0.1) is 6.92 Å². The molecule has 1 atom stereocenters. The first-order valence-electron chi connectivity index (χ1n) is 7.93. The van der Waals surface area contributed by atoms with Gasteiger partial charge >= 0.3 is 5.97 Å². The number of hydrogen-bond acceptors (Lipinski definition) is 4. The molecule has 0 aliphatic carbocycles. The summed E-state index contributed by atoms with van der Waals surface area (Å²) in [4.78, 5) is 29.4. The first-order chi connectivity index (χ1) is 11.4. The van der Waals surface area contributed by atoms with Crippen LogP contribution in [0.25, 0.3) is 0 Å². The van der Waals surface area contributed by atoms with Crippen molar-refractivity contribution in [2.75, 3.05) is 6.54 Å². The van der Waals surface area contributed by atoms with Gasteiger partial charge in [0.15, 0.2) is 0 Å². The van der Waals surface area contributed by atoms with Crippen LogP contribution in [0.1, 0.15) is 46.9 Å². The van der Waals surface area contributed by atoms with Gasteiger partial charge in [-0.1, -0.05) is 36.8 Å². The second-order valence-corrected chi connectivity index (χ2v) is 6.82. The third kappa shape index (κ3) is 4.64. The van der Waals surface area contributed by atoms with Gasteiger partial charge in [-0.25, -0.2) is 4.98 Å². The molecule has 0 spiro atoms. The molecule has 0 radical (unpaired) electrons. The summed E-state index contributed by atoms with van der Waals surface area (Å²) in [7, 11) is 0. The molecule has 2 rings (SSSR count). The van der Waals surface area contributed by atoms with Crippen LogP contribution >= 0.6 is 11.3 Å². The molecular formula is C18H22N2O3S. The van der Waals surface area contributed by atoms with E-state index in [9.17, 15) is 9.59 Å². The summed E-state index contributed by atoms with van der Waals surface area (Å²) in [6.07, 6.45) is 1.36. The highest BCUT2D eigenvalue weighted by atomic mass is 32.1. The Hall–Kier alpha value is -2.21. The van der Waals surface area contributed by atoms with E-state index < -0.39 is 5.97 Å². The number of carboxylic acids is 1. The fourth-order valence-corrected chi connectivity index (χ4v) is 3.11. The lowest BCUT2D eigenvalue weighted by Gasteiger charge is -2.26. The number of benzene rings is 1. The van der Waals surface area contributed by atoms with E-state index in [4.69, 9.17) is 5.11 Å². The number of hydrogen-bond donors (Lipinski definition) is 1. The highest BCUT2D eigenvalue weighted by Crippen LogP contribution is 2.18. The SMILES string of the molecule is CCC(C)N(CC(=O)O)C(=O)c1csc(Cc2ccc(C)cc2)n1. The van der Waals surface area contributed by atoms with E-state index in [2.05, 4.69) is 4.98 Å². The summed E-state index contributed by atoms with van der Waals surface area (Å²) in [6, 6.07) is 8.05. The topological polar surface area (TPSA) is 70.5 Å². The molecule has 0 aliphatic heterocycles. The van der Waals surface area contributed by atoms with Crippen LogP contribution in [-0.2, 0) is 11.2 Å². The predicted octanol–water partition coefficient (Wildman–Crippen LogP) is 3.37. The molecule has 2 aromatic rings. The number of aliphatic carboxylic acids is 1. The number of thiazole rings is 1. The van der Waals surface area contributed by atoms with Crippen molar-refractivity contribution in [3.63, 3.8) is 0 Å². The lowest BCUT2D eigenvalue weighted by molar-refractivity contribution is -0.138. The Balaban J connectivity index is 2.13. The van der Waals surface area contributed by atoms with E-state index in [0.717, 1.165) is 10.6 Å². The van der Waals surface area contributed by atoms with Crippen molar-refractivity contribution in [3.05, 3.63) is 51.5 Å². The maximum Gasteiger partial charge on any atom is 0.323 e. The molecule has 0 saturated carbocycles. The summed E-state index contributed by atoms with van der Waals surface area (Å²) < 4.78 is 0. The van der Waals surface area contributed by atoms with E-state index >= 15 is 0 Å². The number of rotatable bonds is 7.